The Kier molecular flexibility index (Phi) is 7.61. The molecule has 0 radical (unpaired) electrons. The van der Waals surface area contributed by atoms with E-state index in [4.69, 9.17) is 25.4 Å². The molecule has 0 heterocycles. The first-order chi connectivity index (χ1) is 15.1. The van der Waals surface area contributed by atoms with Gasteiger partial charge in [0.05, 0.1) is 7.11 Å². The average Bonchev–Trinajstić information content (AvgIpc) is 2.82. The molecular formula is C24H25N3O4. The van der Waals surface area contributed by atoms with E-state index in [0.29, 0.717) is 24.5 Å². The molecule has 0 spiro atoms. The first kappa shape index (κ1) is 21.9. The molecule has 3 rings (SSSR count). The van der Waals surface area contributed by atoms with E-state index in [9.17, 15) is 4.79 Å². The van der Waals surface area contributed by atoms with E-state index in [1.807, 2.05) is 36.4 Å². The molecule has 0 aromatic heterocycles. The number of methoxy groups -OCH3 is 1. The van der Waals surface area contributed by atoms with Crippen molar-refractivity contribution in [3.8, 4) is 11.5 Å². The molecule has 160 valence electrons. The Morgan fingerprint density at radius 2 is 1.39 bits per heavy atom. The van der Waals surface area contributed by atoms with Gasteiger partial charge >= 0.3 is 6.09 Å². The van der Waals surface area contributed by atoms with Crippen LogP contribution in [0.25, 0.3) is 0 Å². The maximum atomic E-state index is 12.0. The third-order valence-corrected chi connectivity index (χ3v) is 4.56. The number of nitrogens with one attached hydrogen (secondary N) is 2. The average molecular weight is 419 g/mol. The number of hydrogen-bond donors (Lipinski definition) is 3. The normalized spacial score (nSPS) is 10.3. The highest BCUT2D eigenvalue weighted by molar-refractivity contribution is 6.04. The van der Waals surface area contributed by atoms with Crippen LogP contribution in [0.15, 0.2) is 72.8 Å². The van der Waals surface area contributed by atoms with Crippen molar-refractivity contribution in [2.75, 3.05) is 7.11 Å². The third-order valence-electron chi connectivity index (χ3n) is 4.56. The summed E-state index contributed by atoms with van der Waals surface area (Å²) in [5, 5.41) is 10.5. The maximum Gasteiger partial charge on any atom is 0.413 e. The second kappa shape index (κ2) is 10.8. The number of ether oxygens (including phenoxy) is 3. The molecule has 0 saturated carbocycles. The van der Waals surface area contributed by atoms with Gasteiger partial charge < -0.3 is 19.9 Å². The molecule has 0 fully saturated rings. The number of carbonyl (C=O) groups is 1. The number of hydrogen-bond acceptors (Lipinski definition) is 6. The van der Waals surface area contributed by atoms with Gasteiger partial charge in [-0.3, -0.25) is 10.7 Å². The van der Waals surface area contributed by atoms with Gasteiger partial charge in [-0.05, 0) is 53.1 Å². The van der Waals surface area contributed by atoms with E-state index in [2.05, 4.69) is 5.32 Å². The zero-order valence-corrected chi connectivity index (χ0v) is 17.3. The largest absolute Gasteiger partial charge is 0.497 e. The maximum absolute atomic E-state index is 12.0. The number of carbonyl (C=O) groups excluding carboxylic acids is 1. The second-order valence-electron chi connectivity index (χ2n) is 6.76. The lowest BCUT2D eigenvalue weighted by Crippen LogP contribution is -2.30. The van der Waals surface area contributed by atoms with Gasteiger partial charge in [0.25, 0.3) is 0 Å². The summed E-state index contributed by atoms with van der Waals surface area (Å²) in [6, 6.07) is 22.0. The van der Waals surface area contributed by atoms with Crippen LogP contribution >= 0.6 is 0 Å². The van der Waals surface area contributed by atoms with Crippen molar-refractivity contribution in [1.82, 2.24) is 5.32 Å². The molecule has 1 amide bonds. The van der Waals surface area contributed by atoms with Crippen LogP contribution in [-0.4, -0.2) is 19.0 Å². The first-order valence-corrected chi connectivity index (χ1v) is 9.74. The molecule has 31 heavy (non-hydrogen) atoms. The number of amides is 1. The molecule has 0 saturated heterocycles. The lowest BCUT2D eigenvalue weighted by atomic mass is 10.1. The molecule has 0 bridgehead atoms. The summed E-state index contributed by atoms with van der Waals surface area (Å²) in [5.74, 6) is 1.34. The summed E-state index contributed by atoms with van der Waals surface area (Å²) < 4.78 is 16.0. The summed E-state index contributed by atoms with van der Waals surface area (Å²) in [7, 11) is 1.59. The smallest absolute Gasteiger partial charge is 0.413 e. The summed E-state index contributed by atoms with van der Waals surface area (Å²) in [4.78, 5) is 12.0. The zero-order valence-electron chi connectivity index (χ0n) is 17.3. The van der Waals surface area contributed by atoms with Crippen molar-refractivity contribution in [1.29, 1.82) is 5.41 Å². The van der Waals surface area contributed by atoms with Gasteiger partial charge in [0.15, 0.2) is 0 Å². The van der Waals surface area contributed by atoms with Crippen molar-refractivity contribution < 1.29 is 19.0 Å². The number of alkyl carbamates (subject to hydrolysis) is 1. The lowest BCUT2D eigenvalue weighted by Gasteiger charge is -2.10. The Labute approximate surface area is 181 Å². The second-order valence-corrected chi connectivity index (χ2v) is 6.76. The van der Waals surface area contributed by atoms with Crippen LogP contribution in [0.2, 0.25) is 0 Å². The van der Waals surface area contributed by atoms with Gasteiger partial charge in [0, 0.05) is 12.1 Å². The van der Waals surface area contributed by atoms with Crippen LogP contribution in [0.5, 0.6) is 11.5 Å². The van der Waals surface area contributed by atoms with Gasteiger partial charge in [-0.25, -0.2) is 4.79 Å². The van der Waals surface area contributed by atoms with Gasteiger partial charge in [-0.15, -0.1) is 0 Å². The highest BCUT2D eigenvalue weighted by atomic mass is 16.5. The Balaban J connectivity index is 1.45. The monoisotopic (exact) mass is 419 g/mol. The van der Waals surface area contributed by atoms with Crippen LogP contribution in [0, 0.1) is 5.41 Å². The fourth-order valence-electron chi connectivity index (χ4n) is 2.74. The molecule has 3 aromatic carbocycles. The standard InChI is InChI=1S/C24H25N3O4/c1-29-21-10-6-19(7-11-21)16-31-24(28)27-23(26)20-8-12-22(13-9-20)30-15-18-4-2-17(14-25)3-5-18/h2-13H,14-16,25H2,1H3,(H2,26,27,28). The van der Waals surface area contributed by atoms with Crippen LogP contribution in [0.3, 0.4) is 0 Å². The van der Waals surface area contributed by atoms with E-state index in [0.717, 1.165) is 22.4 Å². The van der Waals surface area contributed by atoms with E-state index < -0.39 is 6.09 Å². The van der Waals surface area contributed by atoms with Gasteiger partial charge in [-0.2, -0.15) is 0 Å². The number of nitrogens with two attached hydrogens (primary N) is 1. The minimum absolute atomic E-state index is 0.0522. The molecule has 3 aromatic rings. The first-order valence-electron chi connectivity index (χ1n) is 9.74. The van der Waals surface area contributed by atoms with Gasteiger partial charge in [0.2, 0.25) is 0 Å². The van der Waals surface area contributed by atoms with E-state index in [1.54, 1.807) is 43.5 Å². The van der Waals surface area contributed by atoms with Crippen molar-refractivity contribution in [2.45, 2.75) is 19.8 Å². The van der Waals surface area contributed by atoms with Crippen LogP contribution in [0.4, 0.5) is 4.79 Å². The number of benzene rings is 3. The quantitative estimate of drug-likeness (QED) is 0.378. The lowest BCUT2D eigenvalue weighted by molar-refractivity contribution is 0.145. The minimum Gasteiger partial charge on any atom is -0.497 e. The SMILES string of the molecule is COc1ccc(COC(=O)NC(=N)c2ccc(OCc3ccc(CN)cc3)cc2)cc1. The molecule has 0 aliphatic carbocycles. The van der Waals surface area contributed by atoms with Crippen LogP contribution in [-0.2, 0) is 24.5 Å². The molecule has 4 N–H and O–H groups in total. The molecule has 0 atom stereocenters. The van der Waals surface area contributed by atoms with Crippen LogP contribution in [0.1, 0.15) is 22.3 Å². The molecule has 7 heteroatoms. The Hall–Kier alpha value is -3.84. The topological polar surface area (TPSA) is 107 Å². The summed E-state index contributed by atoms with van der Waals surface area (Å²) >= 11 is 0. The Morgan fingerprint density at radius 1 is 0.839 bits per heavy atom. The summed E-state index contributed by atoms with van der Waals surface area (Å²) in [6.07, 6.45) is -0.693. The molecule has 0 aliphatic heterocycles. The minimum atomic E-state index is -0.693. The fraction of sp³-hybridized carbons (Fsp3) is 0.167. The molecular weight excluding hydrogens is 394 g/mol. The fourth-order valence-corrected chi connectivity index (χ4v) is 2.74. The number of rotatable bonds is 8. The van der Waals surface area contributed by atoms with E-state index in [-0.39, 0.29) is 12.4 Å². The Bertz CT molecular complexity index is 1000. The molecule has 0 unspecified atom stereocenters. The van der Waals surface area contributed by atoms with Crippen molar-refractivity contribution in [3.05, 3.63) is 95.1 Å². The third kappa shape index (κ3) is 6.58. The Morgan fingerprint density at radius 3 is 2.00 bits per heavy atom. The summed E-state index contributed by atoms with van der Waals surface area (Å²) in [6.45, 7) is 1.04. The predicted molar refractivity (Wildman–Crippen MR) is 118 cm³/mol. The molecule has 7 nitrogen and oxygen atoms in total. The van der Waals surface area contributed by atoms with Crippen molar-refractivity contribution >= 4 is 11.9 Å². The van der Waals surface area contributed by atoms with E-state index >= 15 is 0 Å². The summed E-state index contributed by atoms with van der Waals surface area (Å²) in [5.41, 5.74) is 9.07. The number of amidine groups is 1. The van der Waals surface area contributed by atoms with Crippen LogP contribution < -0.4 is 20.5 Å². The highest BCUT2D eigenvalue weighted by Gasteiger charge is 2.09. The van der Waals surface area contributed by atoms with E-state index in [1.165, 1.54) is 0 Å². The predicted octanol–water partition coefficient (Wildman–Crippen LogP) is 3.98. The zero-order chi connectivity index (χ0) is 22.1. The highest BCUT2D eigenvalue weighted by Crippen LogP contribution is 2.15. The van der Waals surface area contributed by atoms with Crippen molar-refractivity contribution in [2.24, 2.45) is 5.73 Å². The van der Waals surface area contributed by atoms with Gasteiger partial charge in [0.1, 0.15) is 30.5 Å². The van der Waals surface area contributed by atoms with Gasteiger partial charge in [-0.1, -0.05) is 36.4 Å². The van der Waals surface area contributed by atoms with Crippen molar-refractivity contribution in [3.63, 3.8) is 0 Å². The molecule has 0 aliphatic rings.